The Morgan fingerprint density at radius 2 is 1.93 bits per heavy atom. The number of carbonyl (C=O) groups is 1. The highest BCUT2D eigenvalue weighted by Crippen LogP contribution is 2.31. The molecule has 0 N–H and O–H groups in total. The van der Waals surface area contributed by atoms with Crippen LogP contribution < -0.4 is 0 Å². The molecule has 0 heterocycles. The van der Waals surface area contributed by atoms with Crippen LogP contribution in [0.2, 0.25) is 0 Å². The van der Waals surface area contributed by atoms with Crippen molar-refractivity contribution in [3.8, 4) is 0 Å². The molecule has 0 amide bonds. The first-order valence-electron chi connectivity index (χ1n) is 11.0. The van der Waals surface area contributed by atoms with Crippen LogP contribution in [0.4, 0.5) is 0 Å². The van der Waals surface area contributed by atoms with Gasteiger partial charge in [-0.2, -0.15) is 0 Å². The van der Waals surface area contributed by atoms with Crippen LogP contribution in [0.25, 0.3) is 12.2 Å². The van der Waals surface area contributed by atoms with Crippen molar-refractivity contribution in [2.24, 2.45) is 0 Å². The van der Waals surface area contributed by atoms with E-state index >= 15 is 0 Å². The number of hydrogen-bond donors (Lipinski definition) is 0. The Balaban J connectivity index is 1.31. The molecule has 0 bridgehead atoms. The smallest absolute Gasteiger partial charge is 0.155 e. The minimum Gasteiger partial charge on any atom is -0.295 e. The second-order valence-electron chi connectivity index (χ2n) is 8.37. The van der Waals surface area contributed by atoms with Gasteiger partial charge < -0.3 is 0 Å². The van der Waals surface area contributed by atoms with Crippen molar-refractivity contribution in [1.82, 2.24) is 0 Å². The minimum absolute atomic E-state index is 0.209. The van der Waals surface area contributed by atoms with Crippen LogP contribution in [0.5, 0.6) is 0 Å². The van der Waals surface area contributed by atoms with Crippen LogP contribution in [0, 0.1) is 0 Å². The standard InChI is InChI=1S/C28H30O/c1-3-21-10-14-26-19-24(20(2)16-27(26)17-21)7-5-9-28(29)15-12-22-11-13-23-6-4-8-25(23)18-22/h10-15,17-19H,2-9,16H2,1H3/b15-12-. The molecule has 0 radical (unpaired) electrons. The maximum Gasteiger partial charge on any atom is 0.155 e. The summed E-state index contributed by atoms with van der Waals surface area (Å²) in [5.41, 5.74) is 10.7. The van der Waals surface area contributed by atoms with Crippen molar-refractivity contribution in [3.05, 3.63) is 93.6 Å². The third kappa shape index (κ3) is 4.67. The molecule has 148 valence electrons. The molecule has 0 fully saturated rings. The molecular formula is C28H30O. The number of hydrogen-bond acceptors (Lipinski definition) is 1. The quantitative estimate of drug-likeness (QED) is 0.488. The fourth-order valence-corrected chi connectivity index (χ4v) is 4.48. The van der Waals surface area contributed by atoms with E-state index in [0.717, 1.165) is 31.2 Å². The predicted octanol–water partition coefficient (Wildman–Crippen LogP) is 6.69. The molecule has 29 heavy (non-hydrogen) atoms. The fourth-order valence-electron chi connectivity index (χ4n) is 4.48. The van der Waals surface area contributed by atoms with E-state index in [0.29, 0.717) is 6.42 Å². The molecule has 0 saturated heterocycles. The molecule has 0 saturated carbocycles. The van der Waals surface area contributed by atoms with Crippen molar-refractivity contribution < 1.29 is 4.79 Å². The van der Waals surface area contributed by atoms with E-state index in [1.165, 1.54) is 58.2 Å². The first kappa shape index (κ1) is 19.6. The molecule has 0 unspecified atom stereocenters. The van der Waals surface area contributed by atoms with Crippen molar-refractivity contribution in [2.45, 2.75) is 58.3 Å². The van der Waals surface area contributed by atoms with Gasteiger partial charge in [0.15, 0.2) is 5.78 Å². The lowest BCUT2D eigenvalue weighted by molar-refractivity contribution is -0.114. The van der Waals surface area contributed by atoms with Gasteiger partial charge in [0.2, 0.25) is 0 Å². The molecule has 0 atom stereocenters. The first-order valence-corrected chi connectivity index (χ1v) is 11.0. The molecule has 1 heteroatoms. The summed E-state index contributed by atoms with van der Waals surface area (Å²) in [6, 6.07) is 13.3. The second kappa shape index (κ2) is 8.78. The summed E-state index contributed by atoms with van der Waals surface area (Å²) in [5.74, 6) is 0.209. The van der Waals surface area contributed by atoms with Crippen LogP contribution in [0.15, 0.2) is 60.2 Å². The SMILES string of the molecule is C=C1Cc2cc(CC)ccc2C=C1CCCC(=O)/C=C\c1ccc2c(c1)CCC2. The van der Waals surface area contributed by atoms with Gasteiger partial charge >= 0.3 is 0 Å². The summed E-state index contributed by atoms with van der Waals surface area (Å²) < 4.78 is 0. The van der Waals surface area contributed by atoms with Gasteiger partial charge in [0.05, 0.1) is 0 Å². The van der Waals surface area contributed by atoms with Crippen molar-refractivity contribution in [3.63, 3.8) is 0 Å². The molecule has 2 aliphatic carbocycles. The number of ketones is 1. The van der Waals surface area contributed by atoms with Gasteiger partial charge in [-0.05, 0) is 95.5 Å². The van der Waals surface area contributed by atoms with Crippen LogP contribution in [0.3, 0.4) is 0 Å². The molecular weight excluding hydrogens is 352 g/mol. The van der Waals surface area contributed by atoms with Crippen LogP contribution in [-0.2, 0) is 30.5 Å². The third-order valence-corrected chi connectivity index (χ3v) is 6.26. The van der Waals surface area contributed by atoms with E-state index in [2.05, 4.69) is 56.0 Å². The largest absolute Gasteiger partial charge is 0.295 e. The number of fused-ring (bicyclic) bond motifs is 2. The van der Waals surface area contributed by atoms with Crippen LogP contribution >= 0.6 is 0 Å². The average Bonchev–Trinajstić information content (AvgIpc) is 3.20. The Kier molecular flexibility index (Phi) is 5.94. The van der Waals surface area contributed by atoms with Crippen LogP contribution in [0.1, 0.15) is 66.0 Å². The summed E-state index contributed by atoms with van der Waals surface area (Å²) in [7, 11) is 0. The molecule has 4 rings (SSSR count). The second-order valence-corrected chi connectivity index (χ2v) is 8.37. The number of benzene rings is 2. The fraction of sp³-hybridized carbons (Fsp3) is 0.321. The predicted molar refractivity (Wildman–Crippen MR) is 123 cm³/mol. The van der Waals surface area contributed by atoms with Gasteiger partial charge in [0.1, 0.15) is 0 Å². The highest BCUT2D eigenvalue weighted by molar-refractivity contribution is 5.93. The Hall–Kier alpha value is -2.67. The number of allylic oxidation sites excluding steroid dienone is 3. The number of rotatable bonds is 7. The summed E-state index contributed by atoms with van der Waals surface area (Å²) in [4.78, 5) is 12.3. The minimum atomic E-state index is 0.209. The van der Waals surface area contributed by atoms with Crippen LogP contribution in [-0.4, -0.2) is 5.78 Å². The van der Waals surface area contributed by atoms with Crippen molar-refractivity contribution in [1.29, 1.82) is 0 Å². The van der Waals surface area contributed by atoms with E-state index < -0.39 is 0 Å². The summed E-state index contributed by atoms with van der Waals surface area (Å²) in [6.07, 6.45) is 14.0. The molecule has 0 aliphatic heterocycles. The molecule has 0 aromatic heterocycles. The highest BCUT2D eigenvalue weighted by Gasteiger charge is 2.14. The molecule has 2 aromatic rings. The lowest BCUT2D eigenvalue weighted by Crippen LogP contribution is -2.04. The summed E-state index contributed by atoms with van der Waals surface area (Å²) >= 11 is 0. The van der Waals surface area contributed by atoms with Gasteiger partial charge in [-0.1, -0.05) is 62.1 Å². The van der Waals surface area contributed by atoms with Gasteiger partial charge in [-0.15, -0.1) is 0 Å². The maximum atomic E-state index is 12.3. The topological polar surface area (TPSA) is 17.1 Å². The average molecular weight is 383 g/mol. The lowest BCUT2D eigenvalue weighted by Gasteiger charge is -2.20. The monoisotopic (exact) mass is 382 g/mol. The Labute approximate surface area is 174 Å². The van der Waals surface area contributed by atoms with E-state index in [9.17, 15) is 4.79 Å². The van der Waals surface area contributed by atoms with Gasteiger partial charge in [-0.25, -0.2) is 0 Å². The van der Waals surface area contributed by atoms with E-state index in [1.807, 2.05) is 6.08 Å². The summed E-state index contributed by atoms with van der Waals surface area (Å²) in [6.45, 7) is 6.48. The Bertz CT molecular complexity index is 1000. The number of carbonyl (C=O) groups excluding carboxylic acids is 1. The Morgan fingerprint density at radius 3 is 2.79 bits per heavy atom. The third-order valence-electron chi connectivity index (χ3n) is 6.26. The zero-order chi connectivity index (χ0) is 20.2. The van der Waals surface area contributed by atoms with Crippen molar-refractivity contribution in [2.75, 3.05) is 0 Å². The van der Waals surface area contributed by atoms with Gasteiger partial charge in [0.25, 0.3) is 0 Å². The number of aryl methyl sites for hydroxylation is 3. The van der Waals surface area contributed by atoms with E-state index in [4.69, 9.17) is 0 Å². The molecule has 0 spiro atoms. The van der Waals surface area contributed by atoms with Gasteiger partial charge in [0, 0.05) is 6.42 Å². The van der Waals surface area contributed by atoms with Gasteiger partial charge in [-0.3, -0.25) is 4.79 Å². The zero-order valence-corrected chi connectivity index (χ0v) is 17.5. The summed E-state index contributed by atoms with van der Waals surface area (Å²) in [5, 5.41) is 0. The lowest BCUT2D eigenvalue weighted by atomic mass is 9.85. The van der Waals surface area contributed by atoms with Crippen molar-refractivity contribution >= 4 is 17.9 Å². The zero-order valence-electron chi connectivity index (χ0n) is 17.5. The van der Waals surface area contributed by atoms with E-state index in [1.54, 1.807) is 6.08 Å². The molecule has 1 nitrogen and oxygen atoms in total. The normalized spacial score (nSPS) is 15.3. The van der Waals surface area contributed by atoms with E-state index in [-0.39, 0.29) is 5.78 Å². The maximum absolute atomic E-state index is 12.3. The Morgan fingerprint density at radius 1 is 1.07 bits per heavy atom. The first-order chi connectivity index (χ1) is 14.1. The molecule has 2 aliphatic rings. The highest BCUT2D eigenvalue weighted by atomic mass is 16.1. The molecule has 2 aromatic carbocycles.